The Morgan fingerprint density at radius 3 is 2.48 bits per heavy atom. The average molecular weight is 321 g/mol. The number of carboxylic acid groups (broad SMARTS) is 1. The smallest absolute Gasteiger partial charge is 0.303 e. The second kappa shape index (κ2) is 6.95. The number of halogens is 2. The summed E-state index contributed by atoms with van der Waals surface area (Å²) in [5.74, 6) is -3.43. The highest BCUT2D eigenvalue weighted by Crippen LogP contribution is 2.23. The van der Waals surface area contributed by atoms with Crippen LogP contribution >= 0.6 is 0 Å². The number of rotatable bonds is 7. The van der Waals surface area contributed by atoms with E-state index in [4.69, 9.17) is 5.11 Å². The predicted octanol–water partition coefficient (Wildman–Crippen LogP) is 2.15. The van der Waals surface area contributed by atoms with Gasteiger partial charge in [-0.3, -0.25) is 4.79 Å². The van der Waals surface area contributed by atoms with E-state index in [1.54, 1.807) is 6.92 Å². The minimum atomic E-state index is -3.67. The number of hydrogen-bond donors (Lipinski definition) is 1. The van der Waals surface area contributed by atoms with Gasteiger partial charge < -0.3 is 5.11 Å². The first-order valence-electron chi connectivity index (χ1n) is 6.27. The third kappa shape index (κ3) is 4.75. The molecule has 0 aromatic heterocycles. The van der Waals surface area contributed by atoms with Gasteiger partial charge in [-0.25, -0.2) is 17.2 Å². The molecule has 118 valence electrons. The summed E-state index contributed by atoms with van der Waals surface area (Å²) in [5, 5.41) is 8.51. The Labute approximate surface area is 122 Å². The maximum absolute atomic E-state index is 13.2. The highest BCUT2D eigenvalue weighted by molar-refractivity contribution is 7.89. The molecule has 8 heteroatoms. The average Bonchev–Trinajstić information content (AvgIpc) is 2.39. The van der Waals surface area contributed by atoms with Crippen molar-refractivity contribution in [3.8, 4) is 0 Å². The molecule has 1 aromatic carbocycles. The molecule has 0 aliphatic heterocycles. The molecule has 0 heterocycles. The summed E-state index contributed by atoms with van der Waals surface area (Å²) in [5.41, 5.74) is 0.318. The Hall–Kier alpha value is -1.54. The van der Waals surface area contributed by atoms with Gasteiger partial charge in [-0.05, 0) is 31.0 Å². The molecule has 0 aliphatic carbocycles. The number of aliphatic carboxylic acids is 1. The summed E-state index contributed by atoms with van der Waals surface area (Å²) in [6.07, 6.45) is -0.251. The number of hydrogen-bond acceptors (Lipinski definition) is 3. The molecule has 1 rings (SSSR count). The molecule has 0 aliphatic rings. The molecule has 1 aromatic rings. The largest absolute Gasteiger partial charge is 0.481 e. The highest BCUT2D eigenvalue weighted by atomic mass is 32.2. The summed E-state index contributed by atoms with van der Waals surface area (Å²) in [4.78, 5) is 10.4. The topological polar surface area (TPSA) is 74.7 Å². The molecule has 0 spiro atoms. The minimum absolute atomic E-state index is 0.00743. The minimum Gasteiger partial charge on any atom is -0.481 e. The van der Waals surface area contributed by atoms with E-state index < -0.39 is 33.7 Å². The van der Waals surface area contributed by atoms with E-state index in [2.05, 4.69) is 0 Å². The Morgan fingerprint density at radius 1 is 1.33 bits per heavy atom. The van der Waals surface area contributed by atoms with Crippen molar-refractivity contribution < 1.29 is 27.1 Å². The number of nitrogens with zero attached hydrogens (tertiary/aromatic N) is 1. The van der Waals surface area contributed by atoms with Crippen LogP contribution in [0.5, 0.6) is 0 Å². The van der Waals surface area contributed by atoms with Gasteiger partial charge in [0, 0.05) is 19.5 Å². The van der Waals surface area contributed by atoms with E-state index in [9.17, 15) is 22.0 Å². The van der Waals surface area contributed by atoms with Gasteiger partial charge in [0.1, 0.15) is 0 Å². The van der Waals surface area contributed by atoms with Crippen LogP contribution < -0.4 is 0 Å². The van der Waals surface area contributed by atoms with Crippen LogP contribution in [0.1, 0.15) is 31.4 Å². The highest BCUT2D eigenvalue weighted by Gasteiger charge is 2.24. The van der Waals surface area contributed by atoms with Crippen LogP contribution in [0.4, 0.5) is 8.78 Å². The molecule has 0 bridgehead atoms. The summed E-state index contributed by atoms with van der Waals surface area (Å²) >= 11 is 0. The Balaban J connectivity index is 2.82. The predicted molar refractivity (Wildman–Crippen MR) is 73.2 cm³/mol. The summed E-state index contributed by atoms with van der Waals surface area (Å²) < 4.78 is 51.2. The third-order valence-corrected chi connectivity index (χ3v) is 5.20. The maximum Gasteiger partial charge on any atom is 0.303 e. The van der Waals surface area contributed by atoms with Crippen LogP contribution in [-0.2, 0) is 14.8 Å². The Morgan fingerprint density at radius 2 is 1.95 bits per heavy atom. The molecule has 21 heavy (non-hydrogen) atoms. The van der Waals surface area contributed by atoms with Gasteiger partial charge in [0.25, 0.3) is 0 Å². The molecule has 1 N–H and O–H groups in total. The first-order chi connectivity index (χ1) is 9.65. The fourth-order valence-electron chi connectivity index (χ4n) is 1.77. The molecule has 1 unspecified atom stereocenters. The SMILES string of the molecule is CC(c1ccc(F)c(F)c1)N(C)S(=O)(=O)CCCC(=O)O. The molecule has 0 amide bonds. The normalized spacial score (nSPS) is 13.4. The van der Waals surface area contributed by atoms with Crippen LogP contribution in [0.15, 0.2) is 18.2 Å². The first kappa shape index (κ1) is 17.5. The van der Waals surface area contributed by atoms with Crippen LogP contribution in [0.25, 0.3) is 0 Å². The fourth-order valence-corrected chi connectivity index (χ4v) is 3.17. The van der Waals surface area contributed by atoms with Gasteiger partial charge in [0.2, 0.25) is 10.0 Å². The molecule has 1 atom stereocenters. The molecule has 0 fully saturated rings. The number of carboxylic acids is 1. The van der Waals surface area contributed by atoms with E-state index in [1.807, 2.05) is 0 Å². The second-order valence-corrected chi connectivity index (χ2v) is 6.83. The van der Waals surface area contributed by atoms with Crippen molar-refractivity contribution in [2.45, 2.75) is 25.8 Å². The van der Waals surface area contributed by atoms with Crippen molar-refractivity contribution in [1.29, 1.82) is 0 Å². The molecule has 0 radical (unpaired) electrons. The molecular weight excluding hydrogens is 304 g/mol. The van der Waals surface area contributed by atoms with Crippen molar-refractivity contribution in [2.75, 3.05) is 12.8 Å². The Bertz CT molecular complexity index is 619. The zero-order chi connectivity index (χ0) is 16.2. The maximum atomic E-state index is 13.2. The van der Waals surface area contributed by atoms with Crippen molar-refractivity contribution in [2.24, 2.45) is 0 Å². The Kier molecular flexibility index (Phi) is 5.79. The number of carbonyl (C=O) groups is 1. The fraction of sp³-hybridized carbons (Fsp3) is 0.462. The first-order valence-corrected chi connectivity index (χ1v) is 7.88. The lowest BCUT2D eigenvalue weighted by molar-refractivity contribution is -0.137. The monoisotopic (exact) mass is 321 g/mol. The van der Waals surface area contributed by atoms with Crippen LogP contribution in [0, 0.1) is 11.6 Å². The molecular formula is C13H17F2NO4S. The van der Waals surface area contributed by atoms with Gasteiger partial charge in [0.15, 0.2) is 11.6 Å². The van der Waals surface area contributed by atoms with E-state index in [-0.39, 0.29) is 18.6 Å². The number of sulfonamides is 1. The molecule has 0 saturated carbocycles. The van der Waals surface area contributed by atoms with Crippen molar-refractivity contribution >= 4 is 16.0 Å². The van der Waals surface area contributed by atoms with Gasteiger partial charge >= 0.3 is 5.97 Å². The van der Waals surface area contributed by atoms with Crippen LogP contribution in [0.3, 0.4) is 0 Å². The lowest BCUT2D eigenvalue weighted by atomic mass is 10.1. The van der Waals surface area contributed by atoms with E-state index in [0.29, 0.717) is 5.56 Å². The zero-order valence-corrected chi connectivity index (χ0v) is 12.5. The van der Waals surface area contributed by atoms with Crippen molar-refractivity contribution in [1.82, 2.24) is 4.31 Å². The van der Waals surface area contributed by atoms with Crippen LogP contribution in [0.2, 0.25) is 0 Å². The van der Waals surface area contributed by atoms with Gasteiger partial charge in [-0.1, -0.05) is 6.07 Å². The van der Waals surface area contributed by atoms with Gasteiger partial charge in [-0.15, -0.1) is 0 Å². The second-order valence-electron chi connectivity index (χ2n) is 4.68. The summed E-state index contributed by atoms with van der Waals surface area (Å²) in [6, 6.07) is 2.51. The summed E-state index contributed by atoms with van der Waals surface area (Å²) in [6.45, 7) is 1.54. The van der Waals surface area contributed by atoms with Gasteiger partial charge in [-0.2, -0.15) is 4.31 Å². The van der Waals surface area contributed by atoms with Crippen molar-refractivity contribution in [3.63, 3.8) is 0 Å². The van der Waals surface area contributed by atoms with E-state index >= 15 is 0 Å². The van der Waals surface area contributed by atoms with Crippen molar-refractivity contribution in [3.05, 3.63) is 35.4 Å². The lowest BCUT2D eigenvalue weighted by Gasteiger charge is -2.24. The summed E-state index contributed by atoms with van der Waals surface area (Å²) in [7, 11) is -2.35. The van der Waals surface area contributed by atoms with Crippen LogP contribution in [-0.4, -0.2) is 36.6 Å². The van der Waals surface area contributed by atoms with E-state index in [1.165, 1.54) is 13.1 Å². The van der Waals surface area contributed by atoms with E-state index in [0.717, 1.165) is 16.4 Å². The standard InChI is InChI=1S/C13H17F2NO4S/c1-9(10-5-6-11(14)12(15)8-10)16(2)21(19,20)7-3-4-13(17)18/h5-6,8-9H,3-4,7H2,1-2H3,(H,17,18). The quantitative estimate of drug-likeness (QED) is 0.835. The lowest BCUT2D eigenvalue weighted by Crippen LogP contribution is -2.32. The van der Waals surface area contributed by atoms with Gasteiger partial charge in [0.05, 0.1) is 5.75 Å². The third-order valence-electron chi connectivity index (χ3n) is 3.20. The molecule has 0 saturated heterocycles. The zero-order valence-electron chi connectivity index (χ0n) is 11.7. The number of benzene rings is 1. The molecule has 5 nitrogen and oxygen atoms in total.